The number of piperazine rings is 1. The molecule has 0 aromatic heterocycles. The predicted molar refractivity (Wildman–Crippen MR) is 107 cm³/mol. The number of hydrogen-bond donors (Lipinski definition) is 1. The van der Waals surface area contributed by atoms with Crippen molar-refractivity contribution in [3.8, 4) is 0 Å². The first kappa shape index (κ1) is 18.5. The van der Waals surface area contributed by atoms with Gasteiger partial charge in [0.25, 0.3) is 5.91 Å². The molecule has 2 fully saturated rings. The molecular formula is C22H24FN3O2. The highest BCUT2D eigenvalue weighted by Crippen LogP contribution is 2.38. The maximum absolute atomic E-state index is 13.9. The van der Waals surface area contributed by atoms with E-state index in [0.717, 1.165) is 6.42 Å². The number of anilines is 2. The minimum atomic E-state index is -0.236. The van der Waals surface area contributed by atoms with E-state index < -0.39 is 0 Å². The zero-order chi connectivity index (χ0) is 19.7. The SMILES string of the molecule is CC1CC1C(=O)Nc1ccc(C(=O)N2CCN(c3ccccc3F)CC2)cc1. The first-order valence-electron chi connectivity index (χ1n) is 9.72. The summed E-state index contributed by atoms with van der Waals surface area (Å²) in [7, 11) is 0. The second-order valence-electron chi connectivity index (χ2n) is 7.62. The summed E-state index contributed by atoms with van der Waals surface area (Å²) in [4.78, 5) is 28.5. The van der Waals surface area contributed by atoms with Crippen molar-refractivity contribution in [3.05, 3.63) is 59.9 Å². The number of hydrogen-bond acceptors (Lipinski definition) is 3. The molecule has 28 heavy (non-hydrogen) atoms. The van der Waals surface area contributed by atoms with Crippen molar-refractivity contribution in [2.75, 3.05) is 36.4 Å². The summed E-state index contributed by atoms with van der Waals surface area (Å²) in [5.41, 5.74) is 1.89. The molecule has 1 heterocycles. The van der Waals surface area contributed by atoms with Crippen LogP contribution in [0, 0.1) is 17.7 Å². The summed E-state index contributed by atoms with van der Waals surface area (Å²) in [6.45, 7) is 4.36. The average Bonchev–Trinajstić information content (AvgIpc) is 3.45. The van der Waals surface area contributed by atoms with Gasteiger partial charge >= 0.3 is 0 Å². The van der Waals surface area contributed by atoms with Gasteiger partial charge in [0.15, 0.2) is 0 Å². The number of carbonyl (C=O) groups is 2. The third-order valence-corrected chi connectivity index (χ3v) is 5.61. The van der Waals surface area contributed by atoms with E-state index >= 15 is 0 Å². The number of nitrogens with one attached hydrogen (secondary N) is 1. The van der Waals surface area contributed by atoms with E-state index in [-0.39, 0.29) is 23.5 Å². The summed E-state index contributed by atoms with van der Waals surface area (Å²) in [5.74, 6) is 0.356. The number of nitrogens with zero attached hydrogens (tertiary/aromatic N) is 2. The second kappa shape index (κ2) is 7.62. The van der Waals surface area contributed by atoms with E-state index in [0.29, 0.717) is 49.0 Å². The minimum absolute atomic E-state index is 0.0399. The lowest BCUT2D eigenvalue weighted by atomic mass is 10.1. The molecule has 2 amide bonds. The van der Waals surface area contributed by atoms with Crippen LogP contribution in [-0.2, 0) is 4.79 Å². The van der Waals surface area contributed by atoms with Gasteiger partial charge in [0.1, 0.15) is 5.82 Å². The lowest BCUT2D eigenvalue weighted by Gasteiger charge is -2.36. The van der Waals surface area contributed by atoms with Crippen LogP contribution in [0.1, 0.15) is 23.7 Å². The third kappa shape index (κ3) is 3.86. The van der Waals surface area contributed by atoms with E-state index in [9.17, 15) is 14.0 Å². The van der Waals surface area contributed by atoms with Crippen molar-refractivity contribution in [2.24, 2.45) is 11.8 Å². The lowest BCUT2D eigenvalue weighted by molar-refractivity contribution is -0.117. The highest BCUT2D eigenvalue weighted by Gasteiger charge is 2.39. The van der Waals surface area contributed by atoms with Crippen LogP contribution in [0.4, 0.5) is 15.8 Å². The first-order chi connectivity index (χ1) is 13.5. The fourth-order valence-corrected chi connectivity index (χ4v) is 3.66. The molecule has 2 unspecified atom stereocenters. The molecule has 146 valence electrons. The Morgan fingerprint density at radius 3 is 2.25 bits per heavy atom. The standard InChI is InChI=1S/C22H24FN3O2/c1-15-14-18(15)21(27)24-17-8-6-16(7-9-17)22(28)26-12-10-25(11-13-26)20-5-3-2-4-19(20)23/h2-9,15,18H,10-14H2,1H3,(H,24,27). The molecule has 1 saturated carbocycles. The molecule has 2 aromatic rings. The quantitative estimate of drug-likeness (QED) is 0.883. The van der Waals surface area contributed by atoms with Crippen LogP contribution in [0.25, 0.3) is 0 Å². The molecule has 1 N–H and O–H groups in total. The molecule has 2 atom stereocenters. The zero-order valence-electron chi connectivity index (χ0n) is 15.9. The Kier molecular flexibility index (Phi) is 5.03. The van der Waals surface area contributed by atoms with E-state index in [1.54, 1.807) is 41.3 Å². The van der Waals surface area contributed by atoms with Gasteiger partial charge in [-0.1, -0.05) is 19.1 Å². The van der Waals surface area contributed by atoms with Gasteiger partial charge in [0.05, 0.1) is 5.69 Å². The number of halogens is 1. The van der Waals surface area contributed by atoms with Crippen LogP contribution in [0.5, 0.6) is 0 Å². The molecule has 1 aliphatic heterocycles. The molecule has 6 heteroatoms. The molecule has 0 spiro atoms. The Bertz CT molecular complexity index is 876. The Balaban J connectivity index is 1.33. The van der Waals surface area contributed by atoms with E-state index in [2.05, 4.69) is 12.2 Å². The Hall–Kier alpha value is -2.89. The van der Waals surface area contributed by atoms with Crippen LogP contribution >= 0.6 is 0 Å². The molecule has 2 aliphatic rings. The van der Waals surface area contributed by atoms with Crippen molar-refractivity contribution in [3.63, 3.8) is 0 Å². The largest absolute Gasteiger partial charge is 0.366 e. The summed E-state index contributed by atoms with van der Waals surface area (Å²) in [5, 5.41) is 2.90. The molecule has 1 saturated heterocycles. The highest BCUT2D eigenvalue weighted by atomic mass is 19.1. The normalized spacial score (nSPS) is 21.4. The maximum atomic E-state index is 13.9. The van der Waals surface area contributed by atoms with Gasteiger partial charge in [0.2, 0.25) is 5.91 Å². The van der Waals surface area contributed by atoms with Crippen molar-refractivity contribution in [2.45, 2.75) is 13.3 Å². The predicted octanol–water partition coefficient (Wildman–Crippen LogP) is 3.38. The van der Waals surface area contributed by atoms with Gasteiger partial charge in [-0.3, -0.25) is 9.59 Å². The number of benzene rings is 2. The topological polar surface area (TPSA) is 52.7 Å². The van der Waals surface area contributed by atoms with E-state index in [1.165, 1.54) is 6.07 Å². The van der Waals surface area contributed by atoms with Crippen molar-refractivity contribution in [1.29, 1.82) is 0 Å². The number of carbonyl (C=O) groups excluding carboxylic acids is 2. The van der Waals surface area contributed by atoms with Crippen LogP contribution < -0.4 is 10.2 Å². The van der Waals surface area contributed by atoms with Gasteiger partial charge < -0.3 is 15.1 Å². The molecule has 1 aliphatic carbocycles. The van der Waals surface area contributed by atoms with Gasteiger partial charge in [-0.05, 0) is 48.7 Å². The Labute approximate surface area is 164 Å². The number of rotatable bonds is 4. The highest BCUT2D eigenvalue weighted by molar-refractivity contribution is 5.97. The molecule has 2 aromatic carbocycles. The first-order valence-corrected chi connectivity index (χ1v) is 9.72. The number of amides is 2. The van der Waals surface area contributed by atoms with Crippen LogP contribution in [0.15, 0.2) is 48.5 Å². The third-order valence-electron chi connectivity index (χ3n) is 5.61. The fraction of sp³-hybridized carbons (Fsp3) is 0.364. The van der Waals surface area contributed by atoms with E-state index in [1.807, 2.05) is 11.0 Å². The zero-order valence-corrected chi connectivity index (χ0v) is 15.9. The summed E-state index contributed by atoms with van der Waals surface area (Å²) in [6, 6.07) is 13.8. The van der Waals surface area contributed by atoms with Gasteiger partial charge in [-0.2, -0.15) is 0 Å². The number of para-hydroxylation sites is 1. The van der Waals surface area contributed by atoms with Gasteiger partial charge in [-0.15, -0.1) is 0 Å². The van der Waals surface area contributed by atoms with Crippen molar-refractivity contribution >= 4 is 23.2 Å². The monoisotopic (exact) mass is 381 g/mol. The Morgan fingerprint density at radius 2 is 1.64 bits per heavy atom. The summed E-state index contributed by atoms with van der Waals surface area (Å²) >= 11 is 0. The minimum Gasteiger partial charge on any atom is -0.366 e. The lowest BCUT2D eigenvalue weighted by Crippen LogP contribution is -2.49. The Morgan fingerprint density at radius 1 is 1.00 bits per heavy atom. The van der Waals surface area contributed by atoms with Gasteiger partial charge in [-0.25, -0.2) is 4.39 Å². The van der Waals surface area contributed by atoms with Crippen LogP contribution in [0.2, 0.25) is 0 Å². The fourth-order valence-electron chi connectivity index (χ4n) is 3.66. The smallest absolute Gasteiger partial charge is 0.253 e. The van der Waals surface area contributed by atoms with E-state index in [4.69, 9.17) is 0 Å². The summed E-state index contributed by atoms with van der Waals surface area (Å²) in [6.07, 6.45) is 0.946. The molecule has 0 radical (unpaired) electrons. The molecule has 0 bridgehead atoms. The average molecular weight is 381 g/mol. The van der Waals surface area contributed by atoms with Crippen LogP contribution in [0.3, 0.4) is 0 Å². The molecule has 4 rings (SSSR count). The second-order valence-corrected chi connectivity index (χ2v) is 7.62. The maximum Gasteiger partial charge on any atom is 0.253 e. The molecular weight excluding hydrogens is 357 g/mol. The summed E-state index contributed by atoms with van der Waals surface area (Å²) < 4.78 is 13.9. The van der Waals surface area contributed by atoms with Crippen LogP contribution in [-0.4, -0.2) is 42.9 Å². The van der Waals surface area contributed by atoms with Crippen molar-refractivity contribution in [1.82, 2.24) is 4.90 Å². The van der Waals surface area contributed by atoms with Crippen molar-refractivity contribution < 1.29 is 14.0 Å². The van der Waals surface area contributed by atoms with Gasteiger partial charge in [0, 0.05) is 43.3 Å². The molecule has 5 nitrogen and oxygen atoms in total.